The van der Waals surface area contributed by atoms with Gasteiger partial charge in [0.2, 0.25) is 25.1 Å². The van der Waals surface area contributed by atoms with Crippen LogP contribution in [0.15, 0.2) is 24.3 Å². The van der Waals surface area contributed by atoms with Crippen LogP contribution in [0.25, 0.3) is 0 Å². The fourth-order valence-electron chi connectivity index (χ4n) is 3.17. The second-order valence-electron chi connectivity index (χ2n) is 6.30. The number of fused-ring (bicyclic) bond motifs is 2. The van der Waals surface area contributed by atoms with Crippen molar-refractivity contribution in [1.29, 1.82) is 0 Å². The summed E-state index contributed by atoms with van der Waals surface area (Å²) >= 11 is 0. The van der Waals surface area contributed by atoms with Gasteiger partial charge in [-0.05, 0) is 48.2 Å². The minimum absolute atomic E-state index is 0.0757. The van der Waals surface area contributed by atoms with Crippen molar-refractivity contribution in [1.82, 2.24) is 0 Å². The fraction of sp³-hybridized carbons (Fsp3) is 0.400. The van der Waals surface area contributed by atoms with Crippen LogP contribution < -0.4 is 28.4 Å². The molecule has 8 nitrogen and oxygen atoms in total. The Kier molecular flexibility index (Phi) is 5.59. The van der Waals surface area contributed by atoms with Crippen LogP contribution in [0.4, 0.5) is 0 Å². The number of aliphatic hydroxyl groups is 2. The highest BCUT2D eigenvalue weighted by molar-refractivity contribution is 5.56. The van der Waals surface area contributed by atoms with Crippen molar-refractivity contribution in [3.05, 3.63) is 35.4 Å². The Bertz CT molecular complexity index is 766. The smallest absolute Gasteiger partial charge is 0.231 e. The minimum atomic E-state index is -0.0757. The topological polar surface area (TPSA) is 95.8 Å². The maximum absolute atomic E-state index is 9.02. The Balaban J connectivity index is 1.51. The van der Waals surface area contributed by atoms with Crippen molar-refractivity contribution in [2.45, 2.75) is 12.8 Å². The number of aryl methyl sites for hydroxylation is 2. The summed E-state index contributed by atoms with van der Waals surface area (Å²) in [7, 11) is 0. The predicted octanol–water partition coefficient (Wildman–Crippen LogP) is 1.67. The van der Waals surface area contributed by atoms with Gasteiger partial charge in [-0.1, -0.05) is 0 Å². The van der Waals surface area contributed by atoms with Crippen molar-refractivity contribution in [3.63, 3.8) is 0 Å². The Morgan fingerprint density at radius 3 is 1.57 bits per heavy atom. The molecule has 0 spiro atoms. The highest BCUT2D eigenvalue weighted by Gasteiger charge is 2.22. The highest BCUT2D eigenvalue weighted by Crippen LogP contribution is 2.44. The van der Waals surface area contributed by atoms with Crippen LogP contribution >= 0.6 is 0 Å². The van der Waals surface area contributed by atoms with Gasteiger partial charge in [-0.15, -0.1) is 0 Å². The first-order valence-electron chi connectivity index (χ1n) is 9.11. The summed E-state index contributed by atoms with van der Waals surface area (Å²) in [6.07, 6.45) is 1.45. The Labute approximate surface area is 162 Å². The van der Waals surface area contributed by atoms with Crippen LogP contribution in [0, 0.1) is 0 Å². The standard InChI is InChI=1S/C20H22O8/c21-3-5-23-15-7-13(9-17-19(15)27-11-25-17)1-2-14-8-16(24-6-4-22)20-18(10-14)26-12-28-20/h7-10,21-22H,1-6,11-12H2. The van der Waals surface area contributed by atoms with Gasteiger partial charge >= 0.3 is 0 Å². The molecular formula is C20H22O8. The summed E-state index contributed by atoms with van der Waals surface area (Å²) in [6, 6.07) is 7.67. The number of benzene rings is 2. The summed E-state index contributed by atoms with van der Waals surface area (Å²) in [5.41, 5.74) is 2.04. The van der Waals surface area contributed by atoms with E-state index in [9.17, 15) is 0 Å². The number of hydrogen-bond donors (Lipinski definition) is 2. The van der Waals surface area contributed by atoms with Gasteiger partial charge in [-0.3, -0.25) is 0 Å². The molecule has 0 atom stereocenters. The molecule has 0 bridgehead atoms. The van der Waals surface area contributed by atoms with E-state index in [0.29, 0.717) is 34.5 Å². The molecule has 2 aromatic rings. The summed E-state index contributed by atoms with van der Waals surface area (Å²) in [4.78, 5) is 0. The van der Waals surface area contributed by atoms with Gasteiger partial charge in [0, 0.05) is 0 Å². The number of hydrogen-bond acceptors (Lipinski definition) is 8. The molecule has 0 saturated carbocycles. The Morgan fingerprint density at radius 1 is 0.679 bits per heavy atom. The summed E-state index contributed by atoms with van der Waals surface area (Å²) in [6.45, 7) is 0.533. The zero-order valence-corrected chi connectivity index (χ0v) is 15.3. The average molecular weight is 390 g/mol. The minimum Gasteiger partial charge on any atom is -0.487 e. The zero-order valence-electron chi connectivity index (χ0n) is 15.3. The Morgan fingerprint density at radius 2 is 1.14 bits per heavy atom. The van der Waals surface area contributed by atoms with Crippen molar-refractivity contribution < 1.29 is 38.6 Å². The normalized spacial score (nSPS) is 13.6. The third kappa shape index (κ3) is 3.88. The first-order chi connectivity index (χ1) is 13.8. The second-order valence-corrected chi connectivity index (χ2v) is 6.30. The van der Waals surface area contributed by atoms with Crippen LogP contribution in [0.2, 0.25) is 0 Å². The van der Waals surface area contributed by atoms with Crippen LogP contribution in [-0.2, 0) is 12.8 Å². The van der Waals surface area contributed by atoms with E-state index in [1.54, 1.807) is 0 Å². The third-order valence-electron chi connectivity index (χ3n) is 4.40. The van der Waals surface area contributed by atoms with Crippen LogP contribution in [0.3, 0.4) is 0 Å². The van der Waals surface area contributed by atoms with Crippen molar-refractivity contribution >= 4 is 0 Å². The molecule has 0 saturated heterocycles. The maximum atomic E-state index is 9.02. The number of aliphatic hydroxyl groups excluding tert-OH is 2. The van der Waals surface area contributed by atoms with Gasteiger partial charge < -0.3 is 38.6 Å². The molecule has 8 heteroatoms. The maximum Gasteiger partial charge on any atom is 0.231 e. The molecule has 0 unspecified atom stereocenters. The van der Waals surface area contributed by atoms with Gasteiger partial charge in [0.15, 0.2) is 23.0 Å². The van der Waals surface area contributed by atoms with Crippen molar-refractivity contribution in [2.24, 2.45) is 0 Å². The van der Waals surface area contributed by atoms with E-state index in [4.69, 9.17) is 38.6 Å². The molecule has 2 aromatic carbocycles. The van der Waals surface area contributed by atoms with Crippen molar-refractivity contribution in [2.75, 3.05) is 40.0 Å². The summed E-state index contributed by atoms with van der Waals surface area (Å²) < 4.78 is 33.0. The van der Waals surface area contributed by atoms with E-state index in [-0.39, 0.29) is 40.0 Å². The highest BCUT2D eigenvalue weighted by atomic mass is 16.7. The molecule has 4 rings (SSSR count). The first kappa shape index (κ1) is 18.5. The molecule has 2 N–H and O–H groups in total. The molecule has 2 heterocycles. The monoisotopic (exact) mass is 390 g/mol. The lowest BCUT2D eigenvalue weighted by Gasteiger charge is -2.12. The van der Waals surface area contributed by atoms with Gasteiger partial charge in [-0.2, -0.15) is 0 Å². The molecule has 0 fully saturated rings. The molecule has 2 aliphatic rings. The van der Waals surface area contributed by atoms with E-state index in [1.165, 1.54) is 0 Å². The van der Waals surface area contributed by atoms with E-state index >= 15 is 0 Å². The second kappa shape index (κ2) is 8.45. The quantitative estimate of drug-likeness (QED) is 0.668. The van der Waals surface area contributed by atoms with Gasteiger partial charge in [0.25, 0.3) is 0 Å². The molecule has 2 aliphatic heterocycles. The van der Waals surface area contributed by atoms with Crippen LogP contribution in [0.5, 0.6) is 34.5 Å². The third-order valence-corrected chi connectivity index (χ3v) is 4.40. The van der Waals surface area contributed by atoms with E-state index in [2.05, 4.69) is 0 Å². The van der Waals surface area contributed by atoms with Crippen LogP contribution in [0.1, 0.15) is 11.1 Å². The lowest BCUT2D eigenvalue weighted by Crippen LogP contribution is -2.04. The summed E-state index contributed by atoms with van der Waals surface area (Å²) in [5.74, 6) is 3.56. The summed E-state index contributed by atoms with van der Waals surface area (Å²) in [5, 5.41) is 18.0. The lowest BCUT2D eigenvalue weighted by atomic mass is 10.0. The molecule has 150 valence electrons. The molecule has 0 aliphatic carbocycles. The first-order valence-corrected chi connectivity index (χ1v) is 9.11. The largest absolute Gasteiger partial charge is 0.487 e. The molecule has 0 radical (unpaired) electrons. The van der Waals surface area contributed by atoms with E-state index < -0.39 is 0 Å². The predicted molar refractivity (Wildman–Crippen MR) is 97.7 cm³/mol. The molecular weight excluding hydrogens is 368 g/mol. The number of ether oxygens (including phenoxy) is 6. The molecule has 0 amide bonds. The number of rotatable bonds is 9. The van der Waals surface area contributed by atoms with Crippen molar-refractivity contribution in [3.8, 4) is 34.5 Å². The zero-order chi connectivity index (χ0) is 19.3. The molecule has 0 aromatic heterocycles. The SMILES string of the molecule is OCCOc1cc(CCc2cc(OCCO)c3c(c2)OCO3)cc2c1OCO2. The van der Waals surface area contributed by atoms with Gasteiger partial charge in [0.05, 0.1) is 13.2 Å². The van der Waals surface area contributed by atoms with Gasteiger partial charge in [0.1, 0.15) is 13.2 Å². The van der Waals surface area contributed by atoms with Crippen LogP contribution in [-0.4, -0.2) is 50.2 Å². The fourth-order valence-corrected chi connectivity index (χ4v) is 3.17. The molecule has 28 heavy (non-hydrogen) atoms. The lowest BCUT2D eigenvalue weighted by molar-refractivity contribution is 0.164. The van der Waals surface area contributed by atoms with E-state index in [0.717, 1.165) is 24.0 Å². The average Bonchev–Trinajstić information content (AvgIpc) is 3.37. The van der Waals surface area contributed by atoms with E-state index in [1.807, 2.05) is 24.3 Å². The Hall–Kier alpha value is -2.84. The van der Waals surface area contributed by atoms with Gasteiger partial charge in [-0.25, -0.2) is 0 Å².